The Morgan fingerprint density at radius 3 is 2.44 bits per heavy atom. The van der Waals surface area contributed by atoms with Crippen molar-refractivity contribution >= 4 is 29.9 Å². The van der Waals surface area contributed by atoms with E-state index in [9.17, 15) is 18.3 Å². The number of nitrogens with zero attached hydrogens (tertiary/aromatic N) is 2. The van der Waals surface area contributed by atoms with Crippen LogP contribution in [0.1, 0.15) is 5.56 Å². The lowest BCUT2D eigenvalue weighted by atomic mass is 10.2. The van der Waals surface area contributed by atoms with Gasteiger partial charge in [-0.25, -0.2) is 0 Å². The number of guanidine groups is 1. The molecule has 1 unspecified atom stereocenters. The summed E-state index contributed by atoms with van der Waals surface area (Å²) in [7, 11) is 0. The Bertz CT molecular complexity index is 549. The highest BCUT2D eigenvalue weighted by Crippen LogP contribution is 2.30. The normalized spacial score (nSPS) is 17.0. The first-order chi connectivity index (χ1) is 11.4. The average molecular weight is 475 g/mol. The smallest absolute Gasteiger partial charge is 0.416 e. The van der Waals surface area contributed by atoms with E-state index < -0.39 is 17.8 Å². The minimum absolute atomic E-state index is 0. The summed E-state index contributed by atoms with van der Waals surface area (Å²) in [5.41, 5.74) is 5.07. The maximum absolute atomic E-state index is 12.4. The number of rotatable bonds is 5. The Morgan fingerprint density at radius 2 is 1.88 bits per heavy atom. The number of benzene rings is 1. The predicted octanol–water partition coefficient (Wildman–Crippen LogP) is 1.71. The van der Waals surface area contributed by atoms with Gasteiger partial charge in [0.1, 0.15) is 18.5 Å². The number of morpholine rings is 1. The molecule has 142 valence electrons. The number of hydrogen-bond donors (Lipinski definition) is 2. The molecule has 2 rings (SSSR count). The van der Waals surface area contributed by atoms with Gasteiger partial charge in [0.15, 0.2) is 5.96 Å². The molecule has 0 spiro atoms. The largest absolute Gasteiger partial charge is 0.491 e. The summed E-state index contributed by atoms with van der Waals surface area (Å²) in [5, 5.41) is 9.83. The zero-order valence-corrected chi connectivity index (χ0v) is 15.7. The Balaban J connectivity index is 0.00000312. The van der Waals surface area contributed by atoms with Crippen molar-refractivity contribution in [2.24, 2.45) is 10.7 Å². The van der Waals surface area contributed by atoms with E-state index in [1.807, 2.05) is 4.90 Å². The van der Waals surface area contributed by atoms with Crippen LogP contribution >= 0.6 is 24.0 Å². The molecule has 0 bridgehead atoms. The van der Waals surface area contributed by atoms with Crippen LogP contribution < -0.4 is 10.5 Å². The molecule has 1 aliphatic rings. The van der Waals surface area contributed by atoms with Gasteiger partial charge in [0, 0.05) is 13.1 Å². The Morgan fingerprint density at radius 1 is 1.28 bits per heavy atom. The van der Waals surface area contributed by atoms with Crippen LogP contribution in [0.15, 0.2) is 29.3 Å². The van der Waals surface area contributed by atoms with Gasteiger partial charge in [0.2, 0.25) is 0 Å². The molecule has 0 radical (unpaired) electrons. The molecule has 6 nitrogen and oxygen atoms in total. The van der Waals surface area contributed by atoms with Crippen LogP contribution in [0.3, 0.4) is 0 Å². The molecule has 1 atom stereocenters. The molecule has 25 heavy (non-hydrogen) atoms. The molecule has 10 heteroatoms. The monoisotopic (exact) mass is 475 g/mol. The van der Waals surface area contributed by atoms with Crippen molar-refractivity contribution in [2.45, 2.75) is 12.3 Å². The Hall–Kier alpha value is -1.27. The lowest BCUT2D eigenvalue weighted by Gasteiger charge is -2.27. The van der Waals surface area contributed by atoms with Gasteiger partial charge in [-0.2, -0.15) is 13.2 Å². The first-order valence-corrected chi connectivity index (χ1v) is 7.47. The summed E-state index contributed by atoms with van der Waals surface area (Å²) in [4.78, 5) is 5.95. The van der Waals surface area contributed by atoms with Crippen LogP contribution in [0, 0.1) is 0 Å². The molecule has 1 fully saturated rings. The number of ether oxygens (including phenoxy) is 2. The second kappa shape index (κ2) is 10.0. The van der Waals surface area contributed by atoms with Crippen molar-refractivity contribution in [1.82, 2.24) is 4.90 Å². The van der Waals surface area contributed by atoms with Gasteiger partial charge >= 0.3 is 6.18 Å². The van der Waals surface area contributed by atoms with E-state index in [1.165, 1.54) is 12.1 Å². The standard InChI is InChI=1S/C15H20F3N3O3.HI/c16-15(17,18)11-1-3-13(4-2-11)24-10-12(22)9-20-14(19)21-5-7-23-8-6-21;/h1-4,12,22H,5-10H2,(H2,19,20);1H. The van der Waals surface area contributed by atoms with Crippen molar-refractivity contribution in [1.29, 1.82) is 0 Å². The van der Waals surface area contributed by atoms with E-state index in [2.05, 4.69) is 4.99 Å². The van der Waals surface area contributed by atoms with Crippen LogP contribution in [0.25, 0.3) is 0 Å². The maximum Gasteiger partial charge on any atom is 0.416 e. The van der Waals surface area contributed by atoms with Crippen LogP contribution in [0.4, 0.5) is 13.2 Å². The van der Waals surface area contributed by atoms with Gasteiger partial charge < -0.3 is 25.2 Å². The van der Waals surface area contributed by atoms with Crippen LogP contribution in [-0.2, 0) is 10.9 Å². The quantitative estimate of drug-likeness (QED) is 0.385. The fourth-order valence-corrected chi connectivity index (χ4v) is 2.08. The summed E-state index contributed by atoms with van der Waals surface area (Å²) in [6.45, 7) is 2.40. The number of aliphatic hydroxyl groups excluding tert-OH is 1. The second-order valence-electron chi connectivity index (χ2n) is 5.29. The third-order valence-electron chi connectivity index (χ3n) is 3.42. The molecule has 0 aliphatic carbocycles. The fraction of sp³-hybridized carbons (Fsp3) is 0.533. The zero-order chi connectivity index (χ0) is 17.6. The SMILES string of the molecule is I.NC(=NCC(O)COc1ccc(C(F)(F)F)cc1)N1CCOCC1. The topological polar surface area (TPSA) is 80.3 Å². The molecular weight excluding hydrogens is 454 g/mol. The lowest BCUT2D eigenvalue weighted by molar-refractivity contribution is -0.137. The summed E-state index contributed by atoms with van der Waals surface area (Å²) >= 11 is 0. The van der Waals surface area contributed by atoms with Gasteiger partial charge in [0.05, 0.1) is 25.3 Å². The molecule has 0 saturated carbocycles. The third-order valence-corrected chi connectivity index (χ3v) is 3.42. The summed E-state index contributed by atoms with van der Waals surface area (Å²) in [5.74, 6) is 0.569. The molecule has 1 heterocycles. The Kier molecular flexibility index (Phi) is 8.73. The van der Waals surface area contributed by atoms with Gasteiger partial charge in [-0.1, -0.05) is 0 Å². The molecule has 3 N–H and O–H groups in total. The van der Waals surface area contributed by atoms with Crippen molar-refractivity contribution < 1.29 is 27.8 Å². The second-order valence-corrected chi connectivity index (χ2v) is 5.29. The van der Waals surface area contributed by atoms with Crippen molar-refractivity contribution in [3.8, 4) is 5.75 Å². The van der Waals surface area contributed by atoms with Crippen molar-refractivity contribution in [3.05, 3.63) is 29.8 Å². The highest BCUT2D eigenvalue weighted by atomic mass is 127. The molecular formula is C15H21F3IN3O3. The third kappa shape index (κ3) is 7.24. The average Bonchev–Trinajstić information content (AvgIpc) is 2.58. The van der Waals surface area contributed by atoms with E-state index in [1.54, 1.807) is 0 Å². The van der Waals surface area contributed by atoms with Crippen molar-refractivity contribution in [2.75, 3.05) is 39.5 Å². The van der Waals surface area contributed by atoms with Crippen LogP contribution in [0.2, 0.25) is 0 Å². The number of halogens is 4. The zero-order valence-electron chi connectivity index (χ0n) is 13.4. The molecule has 1 saturated heterocycles. The van der Waals surface area contributed by atoms with E-state index >= 15 is 0 Å². The van der Waals surface area contributed by atoms with Gasteiger partial charge in [0.25, 0.3) is 0 Å². The summed E-state index contributed by atoms with van der Waals surface area (Å²) in [6.07, 6.45) is -5.30. The molecule has 1 aromatic rings. The summed E-state index contributed by atoms with van der Waals surface area (Å²) in [6, 6.07) is 4.27. The predicted molar refractivity (Wildman–Crippen MR) is 97.2 cm³/mol. The highest BCUT2D eigenvalue weighted by Gasteiger charge is 2.30. The van der Waals surface area contributed by atoms with Gasteiger partial charge in [-0.05, 0) is 24.3 Å². The van der Waals surface area contributed by atoms with Gasteiger partial charge in [-0.3, -0.25) is 4.99 Å². The first-order valence-electron chi connectivity index (χ1n) is 7.47. The first kappa shape index (κ1) is 21.8. The fourth-order valence-electron chi connectivity index (χ4n) is 2.08. The Labute approximate surface area is 160 Å². The minimum Gasteiger partial charge on any atom is -0.491 e. The molecule has 0 aromatic heterocycles. The molecule has 0 amide bonds. The van der Waals surface area contributed by atoms with E-state index in [4.69, 9.17) is 15.2 Å². The lowest BCUT2D eigenvalue weighted by Crippen LogP contribution is -2.45. The highest BCUT2D eigenvalue weighted by molar-refractivity contribution is 14.0. The van der Waals surface area contributed by atoms with Crippen molar-refractivity contribution in [3.63, 3.8) is 0 Å². The van der Waals surface area contributed by atoms with Crippen LogP contribution in [0.5, 0.6) is 5.75 Å². The molecule has 1 aromatic carbocycles. The number of aliphatic imine (C=N–C) groups is 1. The number of alkyl halides is 3. The number of aliphatic hydroxyl groups is 1. The van der Waals surface area contributed by atoms with Crippen LogP contribution in [-0.4, -0.2) is 61.5 Å². The molecule has 1 aliphatic heterocycles. The minimum atomic E-state index is -4.39. The van der Waals surface area contributed by atoms with E-state index in [0.29, 0.717) is 32.3 Å². The number of hydrogen-bond acceptors (Lipinski definition) is 4. The summed E-state index contributed by atoms with van der Waals surface area (Å²) < 4.78 is 47.8. The van der Waals surface area contributed by atoms with Gasteiger partial charge in [-0.15, -0.1) is 24.0 Å². The maximum atomic E-state index is 12.4. The van der Waals surface area contributed by atoms with E-state index in [0.717, 1.165) is 12.1 Å². The van der Waals surface area contributed by atoms with E-state index in [-0.39, 0.29) is 42.9 Å². The number of nitrogens with two attached hydrogens (primary N) is 1.